The van der Waals surface area contributed by atoms with Crippen molar-refractivity contribution in [1.29, 1.82) is 0 Å². The molecule has 1 aliphatic carbocycles. The van der Waals surface area contributed by atoms with Gasteiger partial charge in [-0.1, -0.05) is 71.4 Å². The summed E-state index contributed by atoms with van der Waals surface area (Å²) in [6, 6.07) is 21.1. The summed E-state index contributed by atoms with van der Waals surface area (Å²) in [4.78, 5) is 36.4. The van der Waals surface area contributed by atoms with Gasteiger partial charge in [0.05, 0.1) is 17.2 Å². The third-order valence-electron chi connectivity index (χ3n) is 6.09. The Kier molecular flexibility index (Phi) is 7.51. The molecule has 0 aliphatic heterocycles. The predicted molar refractivity (Wildman–Crippen MR) is 137 cm³/mol. The van der Waals surface area contributed by atoms with Crippen molar-refractivity contribution in [2.45, 2.75) is 19.3 Å². The number of ether oxygens (including phenoxy) is 1. The molecule has 4 rings (SSSR count). The minimum absolute atomic E-state index is 0.0744. The van der Waals surface area contributed by atoms with Gasteiger partial charge in [-0.15, -0.1) is 0 Å². The Balaban J connectivity index is 1.42. The van der Waals surface area contributed by atoms with Gasteiger partial charge in [0.15, 0.2) is 0 Å². The fourth-order valence-electron chi connectivity index (χ4n) is 4.18. The van der Waals surface area contributed by atoms with E-state index < -0.39 is 23.9 Å². The number of anilines is 1. The first kappa shape index (κ1) is 24.5. The molecule has 3 aromatic rings. The molecule has 0 fully saturated rings. The number of benzene rings is 3. The van der Waals surface area contributed by atoms with Crippen LogP contribution in [0.5, 0.6) is 0 Å². The zero-order valence-corrected chi connectivity index (χ0v) is 20.7. The quantitative estimate of drug-likeness (QED) is 0.345. The average molecular weight is 537 g/mol. The third-order valence-corrected chi connectivity index (χ3v) is 6.58. The molecule has 1 atom stereocenters. The number of carbonyl (C=O) groups excluding carboxylic acids is 2. The number of hydrogen-bond acceptors (Lipinski definition) is 4. The summed E-state index contributed by atoms with van der Waals surface area (Å²) in [7, 11) is 0. The van der Waals surface area contributed by atoms with Gasteiger partial charge in [0, 0.05) is 16.9 Å². The molecule has 0 bridgehead atoms. The second kappa shape index (κ2) is 10.7. The monoisotopic (exact) mass is 536 g/mol. The number of nitrogens with one attached hydrogen (secondary N) is 2. The topological polar surface area (TPSA) is 105 Å². The third kappa shape index (κ3) is 5.54. The minimum atomic E-state index is -0.916. The van der Waals surface area contributed by atoms with Crippen molar-refractivity contribution in [3.05, 3.63) is 87.9 Å². The highest BCUT2D eigenvalue weighted by Crippen LogP contribution is 2.44. The zero-order valence-electron chi connectivity index (χ0n) is 19.1. The summed E-state index contributed by atoms with van der Waals surface area (Å²) in [5, 5.41) is 14.4. The van der Waals surface area contributed by atoms with E-state index in [1.54, 1.807) is 25.1 Å². The van der Waals surface area contributed by atoms with E-state index in [1.807, 2.05) is 36.4 Å². The van der Waals surface area contributed by atoms with Crippen molar-refractivity contribution in [3.63, 3.8) is 0 Å². The van der Waals surface area contributed by atoms with Crippen LogP contribution in [0.1, 0.15) is 40.7 Å². The largest absolute Gasteiger partial charge is 0.481 e. The molecule has 35 heavy (non-hydrogen) atoms. The van der Waals surface area contributed by atoms with Crippen LogP contribution >= 0.6 is 15.9 Å². The maximum atomic E-state index is 12.7. The van der Waals surface area contributed by atoms with Gasteiger partial charge in [-0.2, -0.15) is 0 Å². The van der Waals surface area contributed by atoms with Gasteiger partial charge >= 0.3 is 12.1 Å². The van der Waals surface area contributed by atoms with Gasteiger partial charge < -0.3 is 15.2 Å². The first-order chi connectivity index (χ1) is 16.8. The van der Waals surface area contributed by atoms with E-state index in [0.29, 0.717) is 16.6 Å². The Bertz CT molecular complexity index is 1230. The van der Waals surface area contributed by atoms with Crippen molar-refractivity contribution in [3.8, 4) is 11.1 Å². The smallest absolute Gasteiger partial charge is 0.411 e. The zero-order chi connectivity index (χ0) is 24.9. The number of carbonyl (C=O) groups is 3. The number of aliphatic carboxylic acids is 1. The minimum Gasteiger partial charge on any atom is -0.481 e. The van der Waals surface area contributed by atoms with E-state index in [1.165, 1.54) is 0 Å². The lowest BCUT2D eigenvalue weighted by Crippen LogP contribution is -2.28. The van der Waals surface area contributed by atoms with E-state index >= 15 is 0 Å². The van der Waals surface area contributed by atoms with E-state index in [0.717, 1.165) is 22.3 Å². The predicted octanol–water partition coefficient (Wildman–Crippen LogP) is 5.65. The fourth-order valence-corrected chi connectivity index (χ4v) is 4.54. The maximum absolute atomic E-state index is 12.7. The van der Waals surface area contributed by atoms with Crippen LogP contribution in [0.15, 0.2) is 71.2 Å². The van der Waals surface area contributed by atoms with Crippen LogP contribution < -0.4 is 10.6 Å². The highest BCUT2D eigenvalue weighted by molar-refractivity contribution is 9.10. The summed E-state index contributed by atoms with van der Waals surface area (Å²) in [6.45, 7) is 1.94. The Hall–Kier alpha value is -3.65. The molecular formula is C27H25BrN2O5. The molecule has 7 nitrogen and oxygen atoms in total. The molecule has 0 saturated heterocycles. The van der Waals surface area contributed by atoms with Crippen LogP contribution in [0.2, 0.25) is 0 Å². The lowest BCUT2D eigenvalue weighted by Gasteiger charge is -2.16. The number of rotatable bonds is 8. The van der Waals surface area contributed by atoms with E-state index in [-0.39, 0.29) is 24.6 Å². The summed E-state index contributed by atoms with van der Waals surface area (Å²) < 4.78 is 6.28. The molecule has 2 amide bonds. The van der Waals surface area contributed by atoms with Crippen LogP contribution in [0, 0.1) is 5.92 Å². The molecule has 180 valence electrons. The molecule has 0 saturated carbocycles. The van der Waals surface area contributed by atoms with Crippen molar-refractivity contribution >= 4 is 39.6 Å². The molecule has 1 aliphatic rings. The summed E-state index contributed by atoms with van der Waals surface area (Å²) in [6.07, 6.45) is -0.370. The van der Waals surface area contributed by atoms with Gasteiger partial charge in [-0.25, -0.2) is 4.79 Å². The first-order valence-electron chi connectivity index (χ1n) is 11.3. The first-order valence-corrected chi connectivity index (χ1v) is 12.1. The number of halogens is 1. The van der Waals surface area contributed by atoms with Gasteiger partial charge in [0.1, 0.15) is 6.61 Å². The lowest BCUT2D eigenvalue weighted by molar-refractivity contribution is -0.141. The lowest BCUT2D eigenvalue weighted by atomic mass is 9.98. The van der Waals surface area contributed by atoms with E-state index in [9.17, 15) is 14.4 Å². The molecule has 0 heterocycles. The summed E-state index contributed by atoms with van der Waals surface area (Å²) in [5.74, 6) is -1.97. The van der Waals surface area contributed by atoms with Crippen LogP contribution in [0.3, 0.4) is 0 Å². The van der Waals surface area contributed by atoms with Gasteiger partial charge in [-0.05, 0) is 46.9 Å². The standard InChI is InChI=1S/C27H25BrN2O5/c1-16(26(32)33)12-13-29-25(31)22-11-10-17(28)14-24(22)30-27(34)35-15-23-20-8-4-2-6-18(20)19-7-3-5-9-21(19)23/h2-11,14,16,23H,12-13,15H2,1H3,(H,29,31)(H,30,34)(H,32,33). The molecule has 0 radical (unpaired) electrons. The molecule has 0 spiro atoms. The summed E-state index contributed by atoms with van der Waals surface area (Å²) in [5.41, 5.74) is 5.05. The van der Waals surface area contributed by atoms with Crippen LogP contribution in [0.4, 0.5) is 10.5 Å². The van der Waals surface area contributed by atoms with Crippen LogP contribution in [-0.4, -0.2) is 36.2 Å². The normalized spacial score (nSPS) is 12.9. The molecule has 1 unspecified atom stereocenters. The SMILES string of the molecule is CC(CCNC(=O)c1ccc(Br)cc1NC(=O)OCC1c2ccccc2-c2ccccc21)C(=O)O. The van der Waals surface area contributed by atoms with Crippen molar-refractivity contribution in [2.24, 2.45) is 5.92 Å². The number of carboxylic acids is 1. The van der Waals surface area contributed by atoms with Crippen LogP contribution in [-0.2, 0) is 9.53 Å². The average Bonchev–Trinajstić information content (AvgIpc) is 3.16. The Morgan fingerprint density at radius 1 is 1.00 bits per heavy atom. The molecular weight excluding hydrogens is 512 g/mol. The van der Waals surface area contributed by atoms with Gasteiger partial charge in [0.2, 0.25) is 0 Å². The highest BCUT2D eigenvalue weighted by Gasteiger charge is 2.29. The number of fused-ring (bicyclic) bond motifs is 3. The van der Waals surface area contributed by atoms with E-state index in [2.05, 4.69) is 38.7 Å². The number of hydrogen-bond donors (Lipinski definition) is 3. The van der Waals surface area contributed by atoms with Crippen molar-refractivity contribution < 1.29 is 24.2 Å². The number of amides is 2. The Morgan fingerprint density at radius 2 is 1.63 bits per heavy atom. The fraction of sp³-hybridized carbons (Fsp3) is 0.222. The Morgan fingerprint density at radius 3 is 2.26 bits per heavy atom. The number of carboxylic acid groups (broad SMARTS) is 1. The highest BCUT2D eigenvalue weighted by atomic mass is 79.9. The second-order valence-electron chi connectivity index (χ2n) is 8.42. The molecule has 3 aromatic carbocycles. The van der Waals surface area contributed by atoms with Gasteiger partial charge in [0.25, 0.3) is 5.91 Å². The second-order valence-corrected chi connectivity index (χ2v) is 9.34. The van der Waals surface area contributed by atoms with Crippen molar-refractivity contribution in [1.82, 2.24) is 5.32 Å². The van der Waals surface area contributed by atoms with Gasteiger partial charge in [-0.3, -0.25) is 14.9 Å². The van der Waals surface area contributed by atoms with E-state index in [4.69, 9.17) is 9.84 Å². The molecule has 8 heteroatoms. The van der Waals surface area contributed by atoms with Crippen molar-refractivity contribution in [2.75, 3.05) is 18.5 Å². The maximum Gasteiger partial charge on any atom is 0.411 e. The summed E-state index contributed by atoms with van der Waals surface area (Å²) >= 11 is 3.36. The van der Waals surface area contributed by atoms with Crippen LogP contribution in [0.25, 0.3) is 11.1 Å². The molecule has 3 N–H and O–H groups in total. The Labute approximate surface area is 211 Å². The molecule has 0 aromatic heterocycles.